The maximum atomic E-state index is 13.7. The van der Waals surface area contributed by atoms with Crippen molar-refractivity contribution < 1.29 is 14.3 Å². The molecule has 1 fully saturated rings. The van der Waals surface area contributed by atoms with Gasteiger partial charge in [0.1, 0.15) is 11.8 Å². The van der Waals surface area contributed by atoms with Crippen molar-refractivity contribution in [3.05, 3.63) is 95.6 Å². The van der Waals surface area contributed by atoms with E-state index in [4.69, 9.17) is 4.74 Å². The second kappa shape index (κ2) is 9.59. The van der Waals surface area contributed by atoms with E-state index in [-0.39, 0.29) is 11.8 Å². The minimum Gasteiger partial charge on any atom is -0.497 e. The number of amides is 2. The summed E-state index contributed by atoms with van der Waals surface area (Å²) in [5.74, 6) is 0.775. The Morgan fingerprint density at radius 3 is 2.12 bits per heavy atom. The van der Waals surface area contributed by atoms with Crippen molar-refractivity contribution in [2.45, 2.75) is 19.0 Å². The number of hydrogen-bond donors (Lipinski definition) is 0. The Morgan fingerprint density at radius 1 is 0.794 bits per heavy atom. The molecule has 34 heavy (non-hydrogen) atoms. The molecular weight excluding hydrogens is 426 g/mol. The van der Waals surface area contributed by atoms with Gasteiger partial charge in [-0.2, -0.15) is 0 Å². The van der Waals surface area contributed by atoms with Gasteiger partial charge in [0, 0.05) is 50.4 Å². The largest absolute Gasteiger partial charge is 0.497 e. The van der Waals surface area contributed by atoms with Crippen LogP contribution in [0.1, 0.15) is 21.5 Å². The SMILES string of the molecule is COc1ccc(N2CCN(C(=O)[C@@H]3Cc4ccccc4CN3C(=O)c3ccccc3)CC2)cc1. The molecule has 2 aliphatic rings. The fourth-order valence-electron chi connectivity index (χ4n) is 4.89. The quantitative estimate of drug-likeness (QED) is 0.603. The normalized spacial score (nSPS) is 17.8. The Balaban J connectivity index is 1.33. The van der Waals surface area contributed by atoms with Crippen molar-refractivity contribution in [2.24, 2.45) is 0 Å². The van der Waals surface area contributed by atoms with E-state index in [9.17, 15) is 9.59 Å². The highest BCUT2D eigenvalue weighted by molar-refractivity contribution is 5.98. The zero-order chi connectivity index (χ0) is 23.5. The maximum absolute atomic E-state index is 13.7. The van der Waals surface area contributed by atoms with E-state index in [0.29, 0.717) is 31.6 Å². The molecule has 3 aromatic carbocycles. The molecular formula is C28H29N3O3. The molecule has 0 aliphatic carbocycles. The van der Waals surface area contributed by atoms with Gasteiger partial charge in [0.25, 0.3) is 5.91 Å². The van der Waals surface area contributed by atoms with E-state index in [1.807, 2.05) is 59.5 Å². The molecule has 0 unspecified atom stereocenters. The summed E-state index contributed by atoms with van der Waals surface area (Å²) in [7, 11) is 1.66. The number of hydrogen-bond acceptors (Lipinski definition) is 4. The highest BCUT2D eigenvalue weighted by Gasteiger charge is 2.38. The van der Waals surface area contributed by atoms with E-state index in [1.165, 1.54) is 0 Å². The first-order valence-corrected chi connectivity index (χ1v) is 11.7. The first kappa shape index (κ1) is 22.0. The number of nitrogens with zero attached hydrogens (tertiary/aromatic N) is 3. The molecule has 2 aliphatic heterocycles. The van der Waals surface area contributed by atoms with E-state index in [1.54, 1.807) is 12.0 Å². The molecule has 174 valence electrons. The second-order valence-electron chi connectivity index (χ2n) is 8.80. The summed E-state index contributed by atoms with van der Waals surface area (Å²) in [4.78, 5) is 33.1. The molecule has 1 atom stereocenters. The van der Waals surface area contributed by atoms with Gasteiger partial charge in [-0.05, 0) is 47.5 Å². The van der Waals surface area contributed by atoms with E-state index in [2.05, 4.69) is 29.2 Å². The van der Waals surface area contributed by atoms with Crippen molar-refractivity contribution >= 4 is 17.5 Å². The van der Waals surface area contributed by atoms with E-state index in [0.717, 1.165) is 35.7 Å². The number of piperazine rings is 1. The summed E-state index contributed by atoms with van der Waals surface area (Å²) in [5, 5.41) is 0. The molecule has 1 saturated heterocycles. The van der Waals surface area contributed by atoms with Crippen LogP contribution in [0.3, 0.4) is 0 Å². The molecule has 0 aromatic heterocycles. The van der Waals surface area contributed by atoms with Gasteiger partial charge < -0.3 is 19.4 Å². The van der Waals surface area contributed by atoms with Crippen LogP contribution in [0.25, 0.3) is 0 Å². The van der Waals surface area contributed by atoms with Gasteiger partial charge in [0.15, 0.2) is 0 Å². The summed E-state index contributed by atoms with van der Waals surface area (Å²) in [5.41, 5.74) is 4.00. The van der Waals surface area contributed by atoms with Gasteiger partial charge >= 0.3 is 0 Å². The Kier molecular flexibility index (Phi) is 6.21. The molecule has 0 N–H and O–H groups in total. The van der Waals surface area contributed by atoms with Crippen molar-refractivity contribution in [1.82, 2.24) is 9.80 Å². The maximum Gasteiger partial charge on any atom is 0.254 e. The van der Waals surface area contributed by atoms with Crippen LogP contribution >= 0.6 is 0 Å². The average molecular weight is 456 g/mol. The van der Waals surface area contributed by atoms with Gasteiger partial charge in [0.05, 0.1) is 7.11 Å². The number of anilines is 1. The van der Waals surface area contributed by atoms with Crippen molar-refractivity contribution in [3.63, 3.8) is 0 Å². The Hall–Kier alpha value is -3.80. The fraction of sp³-hybridized carbons (Fsp3) is 0.286. The van der Waals surface area contributed by atoms with Crippen molar-refractivity contribution in [1.29, 1.82) is 0 Å². The number of methoxy groups -OCH3 is 1. The van der Waals surface area contributed by atoms with Crippen LogP contribution in [0.15, 0.2) is 78.9 Å². The highest BCUT2D eigenvalue weighted by atomic mass is 16.5. The summed E-state index contributed by atoms with van der Waals surface area (Å²) in [6, 6.07) is 24.9. The third-order valence-electron chi connectivity index (χ3n) is 6.84. The minimum absolute atomic E-state index is 0.0353. The number of benzene rings is 3. The molecule has 0 saturated carbocycles. The van der Waals surface area contributed by atoms with Crippen LogP contribution in [0.4, 0.5) is 5.69 Å². The Bertz CT molecular complexity index is 1160. The van der Waals surface area contributed by atoms with Crippen LogP contribution in [-0.4, -0.2) is 60.9 Å². The average Bonchev–Trinajstić information content (AvgIpc) is 2.92. The third kappa shape index (κ3) is 4.36. The smallest absolute Gasteiger partial charge is 0.254 e. The van der Waals surface area contributed by atoms with Crippen molar-refractivity contribution in [2.75, 3.05) is 38.2 Å². The molecule has 2 heterocycles. The number of fused-ring (bicyclic) bond motifs is 1. The zero-order valence-corrected chi connectivity index (χ0v) is 19.4. The lowest BCUT2D eigenvalue weighted by Crippen LogP contribution is -2.57. The van der Waals surface area contributed by atoms with Crippen LogP contribution < -0.4 is 9.64 Å². The first-order chi connectivity index (χ1) is 16.6. The fourth-order valence-corrected chi connectivity index (χ4v) is 4.89. The molecule has 0 bridgehead atoms. The van der Waals surface area contributed by atoms with Crippen LogP contribution in [0, 0.1) is 0 Å². The van der Waals surface area contributed by atoms with Gasteiger partial charge in [-0.3, -0.25) is 9.59 Å². The molecule has 2 amide bonds. The summed E-state index contributed by atoms with van der Waals surface area (Å²) >= 11 is 0. The second-order valence-corrected chi connectivity index (χ2v) is 8.80. The highest BCUT2D eigenvalue weighted by Crippen LogP contribution is 2.27. The predicted octanol–water partition coefficient (Wildman–Crippen LogP) is 3.61. The summed E-state index contributed by atoms with van der Waals surface area (Å²) in [6.45, 7) is 3.24. The lowest BCUT2D eigenvalue weighted by molar-refractivity contribution is -0.137. The molecule has 5 rings (SSSR count). The van der Waals surface area contributed by atoms with Crippen LogP contribution in [0.2, 0.25) is 0 Å². The lowest BCUT2D eigenvalue weighted by Gasteiger charge is -2.42. The van der Waals surface area contributed by atoms with Gasteiger partial charge in [-0.1, -0.05) is 42.5 Å². The van der Waals surface area contributed by atoms with E-state index < -0.39 is 6.04 Å². The first-order valence-electron chi connectivity index (χ1n) is 11.7. The number of ether oxygens (including phenoxy) is 1. The number of carbonyl (C=O) groups is 2. The topological polar surface area (TPSA) is 53.1 Å². The van der Waals surface area contributed by atoms with Crippen LogP contribution in [-0.2, 0) is 17.8 Å². The lowest BCUT2D eigenvalue weighted by atomic mass is 9.92. The Morgan fingerprint density at radius 2 is 1.44 bits per heavy atom. The van der Waals surface area contributed by atoms with Crippen LogP contribution in [0.5, 0.6) is 5.75 Å². The third-order valence-corrected chi connectivity index (χ3v) is 6.84. The monoisotopic (exact) mass is 455 g/mol. The summed E-state index contributed by atoms with van der Waals surface area (Å²) < 4.78 is 5.25. The standard InChI is InChI=1S/C28H29N3O3/c1-34-25-13-11-24(12-14-25)29-15-17-30(18-16-29)28(33)26-19-22-9-5-6-10-23(22)20-31(26)27(32)21-7-3-2-4-8-21/h2-14,26H,15-20H2,1H3/t26-/m0/s1. The van der Waals surface area contributed by atoms with Gasteiger partial charge in [-0.15, -0.1) is 0 Å². The summed E-state index contributed by atoms with van der Waals surface area (Å²) in [6.07, 6.45) is 0.548. The van der Waals surface area contributed by atoms with Gasteiger partial charge in [-0.25, -0.2) is 0 Å². The molecule has 6 nitrogen and oxygen atoms in total. The molecule has 0 radical (unpaired) electrons. The van der Waals surface area contributed by atoms with Gasteiger partial charge in [0.2, 0.25) is 5.91 Å². The molecule has 3 aromatic rings. The molecule has 6 heteroatoms. The van der Waals surface area contributed by atoms with Crippen molar-refractivity contribution in [3.8, 4) is 5.75 Å². The predicted molar refractivity (Wildman–Crippen MR) is 132 cm³/mol. The van der Waals surface area contributed by atoms with E-state index >= 15 is 0 Å². The number of carbonyl (C=O) groups excluding carboxylic acids is 2. The zero-order valence-electron chi connectivity index (χ0n) is 19.4. The minimum atomic E-state index is -0.491. The number of rotatable bonds is 4. The Labute approximate surface area is 200 Å². The molecule has 0 spiro atoms.